The van der Waals surface area contributed by atoms with E-state index in [2.05, 4.69) is 226 Å². The minimum Gasteiger partial charge on any atom is -0.309 e. The molecule has 0 spiro atoms. The molecule has 0 radical (unpaired) electrons. The van der Waals surface area contributed by atoms with Crippen LogP contribution in [0.4, 0.5) is 0 Å². The Morgan fingerprint density at radius 1 is 0.193 bits per heavy atom. The first-order valence-corrected chi connectivity index (χ1v) is 19.6. The van der Waals surface area contributed by atoms with Crippen molar-refractivity contribution in [3.8, 4) is 39.3 Å². The average molecular weight is 726 g/mol. The SMILES string of the molecule is c1ccc(-n2c3ccccc3c3cc(-c4ccc(-c5ccc6c7cc8c9ccccc9n(-c9ccccc9)c8cc7n(-c7ccccc7)c6c5)cc4)ccc32)cc1. The van der Waals surface area contributed by atoms with E-state index in [1.807, 2.05) is 0 Å². The van der Waals surface area contributed by atoms with Gasteiger partial charge in [-0.2, -0.15) is 0 Å². The quantitative estimate of drug-likeness (QED) is 0.168. The van der Waals surface area contributed by atoms with Crippen molar-refractivity contribution >= 4 is 65.4 Å². The van der Waals surface area contributed by atoms with Gasteiger partial charge in [-0.3, -0.25) is 0 Å². The highest BCUT2D eigenvalue weighted by molar-refractivity contribution is 6.19. The predicted molar refractivity (Wildman–Crippen MR) is 240 cm³/mol. The molecule has 0 fully saturated rings. The Balaban J connectivity index is 1.00. The molecule has 0 N–H and O–H groups in total. The zero-order valence-corrected chi connectivity index (χ0v) is 31.0. The first kappa shape index (κ1) is 31.7. The molecule has 0 amide bonds. The Labute approximate surface area is 329 Å². The molecule has 9 aromatic carbocycles. The molecule has 3 heterocycles. The van der Waals surface area contributed by atoms with Crippen LogP contribution in [0.5, 0.6) is 0 Å². The zero-order chi connectivity index (χ0) is 37.5. The second-order valence-corrected chi connectivity index (χ2v) is 15.0. The van der Waals surface area contributed by atoms with Crippen molar-refractivity contribution < 1.29 is 0 Å². The maximum absolute atomic E-state index is 2.44. The van der Waals surface area contributed by atoms with Gasteiger partial charge in [-0.15, -0.1) is 0 Å². The van der Waals surface area contributed by atoms with Crippen molar-refractivity contribution in [2.24, 2.45) is 0 Å². The fraction of sp³-hybridized carbons (Fsp3) is 0. The first-order chi connectivity index (χ1) is 28.3. The minimum atomic E-state index is 1.15. The summed E-state index contributed by atoms with van der Waals surface area (Å²) in [6.07, 6.45) is 0. The van der Waals surface area contributed by atoms with Gasteiger partial charge in [0.15, 0.2) is 0 Å². The molecule has 0 saturated carbocycles. The van der Waals surface area contributed by atoms with Gasteiger partial charge in [0.2, 0.25) is 0 Å². The molecule has 0 aliphatic rings. The summed E-state index contributed by atoms with van der Waals surface area (Å²) in [5.41, 5.74) is 15.5. The average Bonchev–Trinajstić information content (AvgIpc) is 3.91. The van der Waals surface area contributed by atoms with Crippen LogP contribution in [0.3, 0.4) is 0 Å². The van der Waals surface area contributed by atoms with Crippen LogP contribution < -0.4 is 0 Å². The third-order valence-electron chi connectivity index (χ3n) is 11.8. The molecule has 0 aliphatic heterocycles. The lowest BCUT2D eigenvalue weighted by Crippen LogP contribution is -1.95. The Kier molecular flexibility index (Phi) is 6.93. The number of hydrogen-bond acceptors (Lipinski definition) is 0. The Morgan fingerprint density at radius 3 is 1.09 bits per heavy atom. The fourth-order valence-electron chi connectivity index (χ4n) is 9.23. The van der Waals surface area contributed by atoms with E-state index >= 15 is 0 Å². The summed E-state index contributed by atoms with van der Waals surface area (Å²) < 4.78 is 7.22. The second-order valence-electron chi connectivity index (χ2n) is 15.0. The smallest absolute Gasteiger partial charge is 0.0562 e. The van der Waals surface area contributed by atoms with Gasteiger partial charge in [-0.25, -0.2) is 0 Å². The molecule has 266 valence electrons. The Morgan fingerprint density at radius 2 is 0.544 bits per heavy atom. The van der Waals surface area contributed by atoms with E-state index in [1.54, 1.807) is 0 Å². The lowest BCUT2D eigenvalue weighted by molar-refractivity contribution is 1.16. The van der Waals surface area contributed by atoms with Gasteiger partial charge < -0.3 is 13.7 Å². The van der Waals surface area contributed by atoms with Gasteiger partial charge in [-0.1, -0.05) is 133 Å². The van der Waals surface area contributed by atoms with E-state index in [-0.39, 0.29) is 0 Å². The third kappa shape index (κ3) is 4.86. The number of nitrogens with zero attached hydrogens (tertiary/aromatic N) is 3. The first-order valence-electron chi connectivity index (χ1n) is 19.6. The summed E-state index contributed by atoms with van der Waals surface area (Å²) in [7, 11) is 0. The van der Waals surface area contributed by atoms with Gasteiger partial charge in [0.05, 0.1) is 33.1 Å². The molecule has 0 saturated heterocycles. The molecular formula is C54H35N3. The van der Waals surface area contributed by atoms with Crippen molar-refractivity contribution in [2.75, 3.05) is 0 Å². The van der Waals surface area contributed by atoms with Crippen molar-refractivity contribution in [1.29, 1.82) is 0 Å². The van der Waals surface area contributed by atoms with Gasteiger partial charge in [0.25, 0.3) is 0 Å². The minimum absolute atomic E-state index is 1.15. The van der Waals surface area contributed by atoms with E-state index in [9.17, 15) is 0 Å². The zero-order valence-electron chi connectivity index (χ0n) is 31.0. The standard InChI is InChI=1S/C54H35N3/c1-4-14-40(15-5-1)55-49-22-12-10-20-43(49)46-32-38(29-31-51(46)55)36-24-26-37(27-25-36)39-28-30-45-48-34-47-44-21-11-13-23-50(44)56(41-16-6-2-7-17-41)53(47)35-54(48)57(52(45)33-39)42-18-8-3-9-19-42/h1-35H. The summed E-state index contributed by atoms with van der Waals surface area (Å²) in [5.74, 6) is 0. The summed E-state index contributed by atoms with van der Waals surface area (Å²) in [5, 5.41) is 7.54. The van der Waals surface area contributed by atoms with Crippen molar-refractivity contribution in [1.82, 2.24) is 13.7 Å². The number of hydrogen-bond donors (Lipinski definition) is 0. The Hall–Kier alpha value is -7.62. The lowest BCUT2D eigenvalue weighted by Gasteiger charge is -2.11. The number of fused-ring (bicyclic) bond motifs is 9. The highest BCUT2D eigenvalue weighted by Gasteiger charge is 2.19. The highest BCUT2D eigenvalue weighted by Crippen LogP contribution is 2.41. The number of benzene rings is 9. The van der Waals surface area contributed by atoms with Crippen LogP contribution in [0.15, 0.2) is 212 Å². The molecule has 12 rings (SSSR count). The molecule has 3 heteroatoms. The van der Waals surface area contributed by atoms with Crippen LogP contribution in [-0.4, -0.2) is 13.7 Å². The van der Waals surface area contributed by atoms with Crippen LogP contribution in [0, 0.1) is 0 Å². The lowest BCUT2D eigenvalue weighted by atomic mass is 9.98. The van der Waals surface area contributed by atoms with E-state index in [4.69, 9.17) is 0 Å². The topological polar surface area (TPSA) is 14.8 Å². The van der Waals surface area contributed by atoms with Crippen LogP contribution in [0.25, 0.3) is 105 Å². The summed E-state index contributed by atoms with van der Waals surface area (Å²) in [6, 6.07) is 77.4. The van der Waals surface area contributed by atoms with Gasteiger partial charge in [0, 0.05) is 49.4 Å². The molecule has 3 nitrogen and oxygen atoms in total. The highest BCUT2D eigenvalue weighted by atomic mass is 15.0. The molecule has 12 aromatic rings. The van der Waals surface area contributed by atoms with Gasteiger partial charge in [-0.05, 0) is 101 Å². The van der Waals surface area contributed by atoms with Crippen LogP contribution in [0.1, 0.15) is 0 Å². The van der Waals surface area contributed by atoms with Crippen LogP contribution in [0.2, 0.25) is 0 Å². The number of para-hydroxylation sites is 5. The monoisotopic (exact) mass is 725 g/mol. The van der Waals surface area contributed by atoms with Crippen molar-refractivity contribution in [2.45, 2.75) is 0 Å². The van der Waals surface area contributed by atoms with Crippen LogP contribution in [-0.2, 0) is 0 Å². The van der Waals surface area contributed by atoms with Crippen molar-refractivity contribution in [3.05, 3.63) is 212 Å². The molecule has 0 unspecified atom stereocenters. The van der Waals surface area contributed by atoms with E-state index in [0.29, 0.717) is 0 Å². The van der Waals surface area contributed by atoms with Crippen LogP contribution >= 0.6 is 0 Å². The molecule has 0 bridgehead atoms. The maximum atomic E-state index is 2.44. The maximum Gasteiger partial charge on any atom is 0.0562 e. The second kappa shape index (κ2) is 12.5. The molecule has 3 aromatic heterocycles. The largest absolute Gasteiger partial charge is 0.309 e. The molecule has 57 heavy (non-hydrogen) atoms. The normalized spacial score (nSPS) is 11.9. The van der Waals surface area contributed by atoms with E-state index in [1.165, 1.54) is 93.4 Å². The predicted octanol–water partition coefficient (Wildman–Crippen LogP) is 14.3. The summed E-state index contributed by atoms with van der Waals surface area (Å²) in [6.45, 7) is 0. The Bertz CT molecular complexity index is 3480. The summed E-state index contributed by atoms with van der Waals surface area (Å²) >= 11 is 0. The van der Waals surface area contributed by atoms with E-state index in [0.717, 1.165) is 11.4 Å². The molecule has 0 atom stereocenters. The van der Waals surface area contributed by atoms with Crippen molar-refractivity contribution in [3.63, 3.8) is 0 Å². The fourth-order valence-corrected chi connectivity index (χ4v) is 9.23. The van der Waals surface area contributed by atoms with E-state index < -0.39 is 0 Å². The molecular weight excluding hydrogens is 691 g/mol. The number of aromatic nitrogens is 3. The summed E-state index contributed by atoms with van der Waals surface area (Å²) in [4.78, 5) is 0. The molecule has 0 aliphatic carbocycles. The third-order valence-corrected chi connectivity index (χ3v) is 11.8. The van der Waals surface area contributed by atoms with Gasteiger partial charge >= 0.3 is 0 Å². The number of rotatable bonds is 5. The van der Waals surface area contributed by atoms with Gasteiger partial charge in [0.1, 0.15) is 0 Å².